The van der Waals surface area contributed by atoms with Crippen LogP contribution in [0.15, 0.2) is 0 Å². The Labute approximate surface area is 99.8 Å². The summed E-state index contributed by atoms with van der Waals surface area (Å²) in [4.78, 5) is 16.0. The molecule has 1 heterocycles. The molecule has 1 aliphatic rings. The predicted molar refractivity (Wildman–Crippen MR) is 67.6 cm³/mol. The van der Waals surface area contributed by atoms with E-state index in [-0.39, 0.29) is 5.41 Å². The van der Waals surface area contributed by atoms with Crippen LogP contribution in [0.5, 0.6) is 0 Å². The smallest absolute Gasteiger partial charge is 0.127 e. The first-order chi connectivity index (χ1) is 7.50. The first-order valence-electron chi connectivity index (χ1n) is 6.39. The first-order valence-corrected chi connectivity index (χ1v) is 6.39. The fraction of sp³-hybridized carbons (Fsp3) is 0.923. The largest absolute Gasteiger partial charge is 0.304 e. The normalized spacial score (nSPS) is 27.6. The van der Waals surface area contributed by atoms with Crippen molar-refractivity contribution in [3.63, 3.8) is 0 Å². The Morgan fingerprint density at radius 3 is 2.62 bits per heavy atom. The Hall–Kier alpha value is -0.410. The van der Waals surface area contributed by atoms with Crippen LogP contribution in [0.3, 0.4) is 0 Å². The van der Waals surface area contributed by atoms with Gasteiger partial charge in [0.05, 0.1) is 0 Å². The Bertz CT molecular complexity index is 232. The summed E-state index contributed by atoms with van der Waals surface area (Å²) in [7, 11) is 2.17. The second-order valence-electron chi connectivity index (χ2n) is 5.60. The first kappa shape index (κ1) is 13.7. The number of hydrogen-bond acceptors (Lipinski definition) is 3. The molecule has 1 fully saturated rings. The van der Waals surface area contributed by atoms with Gasteiger partial charge in [-0.1, -0.05) is 20.3 Å². The topological polar surface area (TPSA) is 23.6 Å². The minimum atomic E-state index is -0.154. The molecule has 2 unspecified atom stereocenters. The van der Waals surface area contributed by atoms with Gasteiger partial charge in [0.2, 0.25) is 0 Å². The maximum atomic E-state index is 11.2. The van der Waals surface area contributed by atoms with Crippen LogP contribution in [0, 0.1) is 5.41 Å². The summed E-state index contributed by atoms with van der Waals surface area (Å²) in [5, 5.41) is 0. The number of likely N-dealkylation sites (N-methyl/N-ethyl adjacent to an activating group) is 1. The Morgan fingerprint density at radius 1 is 1.44 bits per heavy atom. The van der Waals surface area contributed by atoms with E-state index >= 15 is 0 Å². The van der Waals surface area contributed by atoms with Gasteiger partial charge >= 0.3 is 0 Å². The molecule has 0 aromatic heterocycles. The third kappa shape index (κ3) is 3.56. The lowest BCUT2D eigenvalue weighted by atomic mass is 9.86. The van der Waals surface area contributed by atoms with E-state index in [1.807, 2.05) is 0 Å². The van der Waals surface area contributed by atoms with Gasteiger partial charge in [-0.15, -0.1) is 0 Å². The molecule has 16 heavy (non-hydrogen) atoms. The van der Waals surface area contributed by atoms with Crippen molar-refractivity contribution in [2.45, 2.75) is 39.7 Å². The van der Waals surface area contributed by atoms with Gasteiger partial charge in [0.15, 0.2) is 0 Å². The Morgan fingerprint density at radius 2 is 2.12 bits per heavy atom. The third-order valence-corrected chi connectivity index (χ3v) is 3.64. The standard InChI is InChI=1S/C13H26N2O/c1-5-6-13(3,11-16)10-15-8-7-14(4)9-12(15)2/h11-12H,5-10H2,1-4H3. The van der Waals surface area contributed by atoms with Crippen molar-refractivity contribution in [2.24, 2.45) is 5.41 Å². The molecule has 1 saturated heterocycles. The van der Waals surface area contributed by atoms with Gasteiger partial charge in [-0.2, -0.15) is 0 Å². The Balaban J connectivity index is 2.54. The maximum absolute atomic E-state index is 11.2. The molecule has 0 N–H and O–H groups in total. The molecular weight excluding hydrogens is 200 g/mol. The van der Waals surface area contributed by atoms with Crippen molar-refractivity contribution in [2.75, 3.05) is 33.2 Å². The summed E-state index contributed by atoms with van der Waals surface area (Å²) >= 11 is 0. The van der Waals surface area contributed by atoms with E-state index in [2.05, 4.69) is 37.6 Å². The van der Waals surface area contributed by atoms with Crippen LogP contribution in [0.1, 0.15) is 33.6 Å². The summed E-state index contributed by atoms with van der Waals surface area (Å²) in [5.74, 6) is 0. The number of piperazine rings is 1. The molecule has 0 radical (unpaired) electrons. The van der Waals surface area contributed by atoms with Crippen LogP contribution in [0.2, 0.25) is 0 Å². The summed E-state index contributed by atoms with van der Waals surface area (Å²) in [6.45, 7) is 10.7. The van der Waals surface area contributed by atoms with Gasteiger partial charge in [0, 0.05) is 37.6 Å². The highest BCUT2D eigenvalue weighted by molar-refractivity contribution is 5.59. The minimum Gasteiger partial charge on any atom is -0.304 e. The quantitative estimate of drug-likeness (QED) is 0.666. The molecule has 0 aliphatic carbocycles. The summed E-state index contributed by atoms with van der Waals surface area (Å²) in [6.07, 6.45) is 3.23. The fourth-order valence-corrected chi connectivity index (χ4v) is 2.62. The van der Waals surface area contributed by atoms with Crippen molar-refractivity contribution >= 4 is 6.29 Å². The number of aldehydes is 1. The van der Waals surface area contributed by atoms with Crippen molar-refractivity contribution in [3.8, 4) is 0 Å². The lowest BCUT2D eigenvalue weighted by Gasteiger charge is -2.41. The van der Waals surface area contributed by atoms with Gasteiger partial charge in [-0.05, 0) is 20.4 Å². The highest BCUT2D eigenvalue weighted by Crippen LogP contribution is 2.24. The molecule has 94 valence electrons. The second kappa shape index (κ2) is 5.78. The lowest BCUT2D eigenvalue weighted by Crippen LogP contribution is -2.53. The average molecular weight is 226 g/mol. The minimum absolute atomic E-state index is 0.154. The van der Waals surface area contributed by atoms with E-state index in [4.69, 9.17) is 0 Å². The lowest BCUT2D eigenvalue weighted by molar-refractivity contribution is -0.117. The zero-order chi connectivity index (χ0) is 12.2. The van der Waals surface area contributed by atoms with Gasteiger partial charge in [0.25, 0.3) is 0 Å². The van der Waals surface area contributed by atoms with Crippen molar-refractivity contribution in [3.05, 3.63) is 0 Å². The molecule has 3 nitrogen and oxygen atoms in total. The van der Waals surface area contributed by atoms with Crippen molar-refractivity contribution in [1.29, 1.82) is 0 Å². The number of carbonyl (C=O) groups excluding carboxylic acids is 1. The number of carbonyl (C=O) groups is 1. The highest BCUT2D eigenvalue weighted by Gasteiger charge is 2.30. The van der Waals surface area contributed by atoms with Crippen LogP contribution in [-0.2, 0) is 4.79 Å². The predicted octanol–water partition coefficient (Wildman–Crippen LogP) is 1.63. The Kier molecular flexibility index (Phi) is 4.93. The number of rotatable bonds is 5. The molecule has 0 amide bonds. The molecule has 0 aromatic carbocycles. The SMILES string of the molecule is CCCC(C)(C=O)CN1CCN(C)CC1C. The number of hydrogen-bond donors (Lipinski definition) is 0. The molecule has 0 aromatic rings. The van der Waals surface area contributed by atoms with Gasteiger partial charge in [-0.25, -0.2) is 0 Å². The highest BCUT2D eigenvalue weighted by atomic mass is 16.1. The molecule has 0 saturated carbocycles. The molecule has 0 bridgehead atoms. The van der Waals surface area contributed by atoms with Gasteiger partial charge in [0.1, 0.15) is 6.29 Å². The monoisotopic (exact) mass is 226 g/mol. The summed E-state index contributed by atoms with van der Waals surface area (Å²) in [5.41, 5.74) is -0.154. The van der Waals surface area contributed by atoms with E-state index in [1.165, 1.54) is 0 Å². The van der Waals surface area contributed by atoms with Crippen LogP contribution >= 0.6 is 0 Å². The van der Waals surface area contributed by atoms with Crippen molar-refractivity contribution < 1.29 is 4.79 Å². The van der Waals surface area contributed by atoms with Crippen LogP contribution in [0.25, 0.3) is 0 Å². The average Bonchev–Trinajstić information content (AvgIpc) is 2.23. The third-order valence-electron chi connectivity index (χ3n) is 3.64. The molecule has 1 rings (SSSR count). The zero-order valence-corrected chi connectivity index (χ0v) is 11.2. The van der Waals surface area contributed by atoms with Gasteiger partial charge in [-0.3, -0.25) is 4.90 Å². The second-order valence-corrected chi connectivity index (χ2v) is 5.60. The van der Waals surface area contributed by atoms with Crippen LogP contribution in [0.4, 0.5) is 0 Å². The summed E-state index contributed by atoms with van der Waals surface area (Å²) < 4.78 is 0. The van der Waals surface area contributed by atoms with E-state index in [9.17, 15) is 4.79 Å². The maximum Gasteiger partial charge on any atom is 0.127 e. The van der Waals surface area contributed by atoms with Gasteiger partial charge < -0.3 is 9.69 Å². The molecule has 0 spiro atoms. The molecular formula is C13H26N2O. The van der Waals surface area contributed by atoms with E-state index in [0.29, 0.717) is 6.04 Å². The van der Waals surface area contributed by atoms with E-state index in [0.717, 1.165) is 45.3 Å². The fourth-order valence-electron chi connectivity index (χ4n) is 2.62. The molecule has 1 aliphatic heterocycles. The molecule has 2 atom stereocenters. The van der Waals surface area contributed by atoms with E-state index < -0.39 is 0 Å². The molecule has 3 heteroatoms. The van der Waals surface area contributed by atoms with Crippen LogP contribution < -0.4 is 0 Å². The zero-order valence-electron chi connectivity index (χ0n) is 11.2. The van der Waals surface area contributed by atoms with Crippen molar-refractivity contribution in [1.82, 2.24) is 9.80 Å². The number of nitrogens with zero attached hydrogens (tertiary/aromatic N) is 2. The van der Waals surface area contributed by atoms with E-state index in [1.54, 1.807) is 0 Å². The van der Waals surface area contributed by atoms with Crippen LogP contribution in [-0.4, -0.2) is 55.4 Å². The summed E-state index contributed by atoms with van der Waals surface area (Å²) in [6, 6.07) is 0.565.